The minimum absolute atomic E-state index is 0.0821. The van der Waals surface area contributed by atoms with Gasteiger partial charge in [0.1, 0.15) is 5.60 Å². The molecule has 0 bridgehead atoms. The number of benzene rings is 1. The van der Waals surface area contributed by atoms with Gasteiger partial charge in [0.2, 0.25) is 10.0 Å². The SMILES string of the molecule is CC(C)(C)OC(=O)N1CCC(Nc2cccc(S(N)(=O)=O)c2)CC1. The Morgan fingerprint density at radius 3 is 2.46 bits per heavy atom. The lowest BCUT2D eigenvalue weighted by molar-refractivity contribution is 0.0210. The lowest BCUT2D eigenvalue weighted by Gasteiger charge is -2.34. The molecule has 0 unspecified atom stereocenters. The summed E-state index contributed by atoms with van der Waals surface area (Å²) in [6.07, 6.45) is 1.23. The lowest BCUT2D eigenvalue weighted by atomic mass is 10.0. The molecule has 2 rings (SSSR count). The quantitative estimate of drug-likeness (QED) is 0.865. The van der Waals surface area contributed by atoms with Gasteiger partial charge in [-0.1, -0.05) is 6.07 Å². The minimum atomic E-state index is -3.71. The Balaban J connectivity index is 1.91. The zero-order valence-electron chi connectivity index (χ0n) is 14.3. The van der Waals surface area contributed by atoms with Gasteiger partial charge in [0.25, 0.3) is 0 Å². The molecular formula is C16H25N3O4S. The van der Waals surface area contributed by atoms with Crippen molar-refractivity contribution in [3.63, 3.8) is 0 Å². The number of anilines is 1. The third-order valence-corrected chi connectivity index (χ3v) is 4.59. The maximum Gasteiger partial charge on any atom is 0.410 e. The van der Waals surface area contributed by atoms with Gasteiger partial charge in [-0.2, -0.15) is 0 Å². The number of nitrogens with two attached hydrogens (primary N) is 1. The monoisotopic (exact) mass is 355 g/mol. The van der Waals surface area contributed by atoms with E-state index in [2.05, 4.69) is 5.32 Å². The fraction of sp³-hybridized carbons (Fsp3) is 0.562. The molecule has 24 heavy (non-hydrogen) atoms. The molecule has 1 aromatic rings. The summed E-state index contributed by atoms with van der Waals surface area (Å²) < 4.78 is 28.2. The Morgan fingerprint density at radius 1 is 1.29 bits per heavy atom. The molecule has 0 aromatic heterocycles. The molecule has 1 aliphatic rings. The average molecular weight is 355 g/mol. The van der Waals surface area contributed by atoms with Crippen LogP contribution in [0.15, 0.2) is 29.2 Å². The molecule has 0 radical (unpaired) electrons. The number of sulfonamides is 1. The summed E-state index contributed by atoms with van der Waals surface area (Å²) in [6.45, 7) is 6.73. The highest BCUT2D eigenvalue weighted by molar-refractivity contribution is 7.89. The Hall–Kier alpha value is -1.80. The van der Waals surface area contributed by atoms with Gasteiger partial charge >= 0.3 is 6.09 Å². The Kier molecular flexibility index (Phi) is 5.39. The Labute approximate surface area is 143 Å². The summed E-state index contributed by atoms with van der Waals surface area (Å²) in [5, 5.41) is 8.45. The van der Waals surface area contributed by atoms with Gasteiger partial charge in [0, 0.05) is 24.8 Å². The number of carbonyl (C=O) groups is 1. The molecule has 1 saturated heterocycles. The third kappa shape index (κ3) is 5.38. The van der Waals surface area contributed by atoms with Crippen LogP contribution in [0, 0.1) is 0 Å². The van der Waals surface area contributed by atoms with E-state index in [9.17, 15) is 13.2 Å². The van der Waals surface area contributed by atoms with E-state index in [1.165, 1.54) is 12.1 Å². The summed E-state index contributed by atoms with van der Waals surface area (Å²) in [7, 11) is -3.71. The van der Waals surface area contributed by atoms with Crippen LogP contribution >= 0.6 is 0 Å². The van der Waals surface area contributed by atoms with E-state index in [1.807, 2.05) is 20.8 Å². The predicted octanol–water partition coefficient (Wildman–Crippen LogP) is 2.15. The summed E-state index contributed by atoms with van der Waals surface area (Å²) in [6, 6.07) is 6.60. The Morgan fingerprint density at radius 2 is 1.92 bits per heavy atom. The highest BCUT2D eigenvalue weighted by Crippen LogP contribution is 2.20. The van der Waals surface area contributed by atoms with Crippen molar-refractivity contribution in [3.05, 3.63) is 24.3 Å². The van der Waals surface area contributed by atoms with Gasteiger partial charge in [-0.15, -0.1) is 0 Å². The molecule has 1 aliphatic heterocycles. The summed E-state index contributed by atoms with van der Waals surface area (Å²) >= 11 is 0. The van der Waals surface area contributed by atoms with Crippen LogP contribution in [-0.2, 0) is 14.8 Å². The van der Waals surface area contributed by atoms with E-state index in [1.54, 1.807) is 17.0 Å². The number of primary sulfonamides is 1. The number of hydrogen-bond donors (Lipinski definition) is 2. The number of hydrogen-bond acceptors (Lipinski definition) is 5. The molecule has 0 saturated carbocycles. The van der Waals surface area contributed by atoms with Crippen LogP contribution in [0.1, 0.15) is 33.6 Å². The molecule has 0 spiro atoms. The van der Waals surface area contributed by atoms with E-state index in [4.69, 9.17) is 9.88 Å². The van der Waals surface area contributed by atoms with Crippen LogP contribution in [0.25, 0.3) is 0 Å². The van der Waals surface area contributed by atoms with Crippen LogP contribution in [0.3, 0.4) is 0 Å². The summed E-state index contributed by atoms with van der Waals surface area (Å²) in [5.74, 6) is 0. The number of carbonyl (C=O) groups excluding carboxylic acids is 1. The summed E-state index contributed by atoms with van der Waals surface area (Å²) in [4.78, 5) is 13.8. The Bertz CT molecular complexity index is 690. The molecule has 1 heterocycles. The van der Waals surface area contributed by atoms with Crippen molar-refractivity contribution in [1.82, 2.24) is 4.90 Å². The van der Waals surface area contributed by atoms with Gasteiger partial charge in [-0.25, -0.2) is 18.4 Å². The molecule has 1 fully saturated rings. The van der Waals surface area contributed by atoms with Gasteiger partial charge in [-0.3, -0.25) is 0 Å². The molecule has 134 valence electrons. The van der Waals surface area contributed by atoms with Gasteiger partial charge in [0.15, 0.2) is 0 Å². The first-order valence-corrected chi connectivity index (χ1v) is 9.46. The first-order chi connectivity index (χ1) is 11.0. The van der Waals surface area contributed by atoms with E-state index in [0.717, 1.165) is 12.8 Å². The largest absolute Gasteiger partial charge is 0.444 e. The van der Waals surface area contributed by atoms with Gasteiger partial charge in [-0.05, 0) is 51.8 Å². The van der Waals surface area contributed by atoms with Crippen LogP contribution in [-0.4, -0.2) is 44.1 Å². The minimum Gasteiger partial charge on any atom is -0.444 e. The van der Waals surface area contributed by atoms with Crippen molar-refractivity contribution < 1.29 is 17.9 Å². The van der Waals surface area contributed by atoms with Crippen molar-refractivity contribution in [2.24, 2.45) is 5.14 Å². The zero-order valence-corrected chi connectivity index (χ0v) is 15.1. The second kappa shape index (κ2) is 6.98. The normalized spacial score (nSPS) is 16.8. The van der Waals surface area contributed by atoms with E-state index >= 15 is 0 Å². The van der Waals surface area contributed by atoms with Crippen molar-refractivity contribution in [2.75, 3.05) is 18.4 Å². The fourth-order valence-electron chi connectivity index (χ4n) is 2.53. The van der Waals surface area contributed by atoms with Crippen LogP contribution in [0.2, 0.25) is 0 Å². The molecule has 1 aromatic carbocycles. The summed E-state index contributed by atoms with van der Waals surface area (Å²) in [5.41, 5.74) is 0.206. The topological polar surface area (TPSA) is 102 Å². The van der Waals surface area contributed by atoms with Crippen molar-refractivity contribution >= 4 is 21.8 Å². The zero-order chi connectivity index (χ0) is 18.0. The molecule has 0 atom stereocenters. The van der Waals surface area contributed by atoms with Crippen molar-refractivity contribution in [3.8, 4) is 0 Å². The van der Waals surface area contributed by atoms with Crippen LogP contribution in [0.4, 0.5) is 10.5 Å². The first-order valence-electron chi connectivity index (χ1n) is 7.92. The first kappa shape index (κ1) is 18.5. The third-order valence-electron chi connectivity index (χ3n) is 3.68. The molecule has 3 N–H and O–H groups in total. The van der Waals surface area contributed by atoms with E-state index < -0.39 is 15.6 Å². The lowest BCUT2D eigenvalue weighted by Crippen LogP contribution is -2.44. The smallest absolute Gasteiger partial charge is 0.410 e. The second-order valence-corrected chi connectivity index (χ2v) is 8.52. The van der Waals surface area contributed by atoms with Gasteiger partial charge in [0.05, 0.1) is 4.90 Å². The van der Waals surface area contributed by atoms with Crippen molar-refractivity contribution in [2.45, 2.75) is 50.2 Å². The number of rotatable bonds is 3. The molecule has 0 aliphatic carbocycles. The highest BCUT2D eigenvalue weighted by Gasteiger charge is 2.26. The highest BCUT2D eigenvalue weighted by atomic mass is 32.2. The second-order valence-electron chi connectivity index (χ2n) is 6.96. The fourth-order valence-corrected chi connectivity index (χ4v) is 3.09. The standard InChI is InChI=1S/C16H25N3O4S/c1-16(2,3)23-15(20)19-9-7-12(8-10-19)18-13-5-4-6-14(11-13)24(17,21)22/h4-6,11-12,18H,7-10H2,1-3H3,(H2,17,21,22). The van der Waals surface area contributed by atoms with Crippen molar-refractivity contribution in [1.29, 1.82) is 0 Å². The number of ether oxygens (including phenoxy) is 1. The van der Waals surface area contributed by atoms with E-state index in [0.29, 0.717) is 18.8 Å². The number of nitrogens with zero attached hydrogens (tertiary/aromatic N) is 1. The number of nitrogens with one attached hydrogen (secondary N) is 1. The molecule has 8 heteroatoms. The van der Waals surface area contributed by atoms with Gasteiger partial charge < -0.3 is 15.0 Å². The molecule has 1 amide bonds. The molecule has 7 nitrogen and oxygen atoms in total. The van der Waals surface area contributed by atoms with Crippen LogP contribution < -0.4 is 10.5 Å². The number of likely N-dealkylation sites (tertiary alicyclic amines) is 1. The maximum absolute atomic E-state index is 12.0. The average Bonchev–Trinajstić information content (AvgIpc) is 2.45. The number of amides is 1. The maximum atomic E-state index is 12.0. The molecular weight excluding hydrogens is 330 g/mol. The van der Waals surface area contributed by atoms with E-state index in [-0.39, 0.29) is 17.0 Å². The number of piperidine rings is 1. The van der Waals surface area contributed by atoms with Crippen LogP contribution in [0.5, 0.6) is 0 Å². The predicted molar refractivity (Wildman–Crippen MR) is 92.3 cm³/mol.